The van der Waals surface area contributed by atoms with E-state index in [0.717, 1.165) is 18.8 Å². The van der Waals surface area contributed by atoms with Gasteiger partial charge in [0.05, 0.1) is 0 Å². The molecule has 0 bridgehead atoms. The molecule has 0 aromatic rings. The molecule has 0 saturated carbocycles. The molecule has 0 rings (SSSR count). The molecule has 0 unspecified atom stereocenters. The second kappa shape index (κ2) is 22.5. The lowest BCUT2D eigenvalue weighted by atomic mass is 10.7. The number of carbonyl (C=O) groups is 1. The first-order valence-electron chi connectivity index (χ1n) is 3.12. The van der Waals surface area contributed by atoms with Gasteiger partial charge in [0.2, 0.25) is 0 Å². The van der Waals surface area contributed by atoms with Crippen molar-refractivity contribution in [3.63, 3.8) is 0 Å². The van der Waals surface area contributed by atoms with E-state index < -0.39 is 5.97 Å². The number of nitrogens with two attached hydrogens (primary N) is 2. The van der Waals surface area contributed by atoms with Crippen molar-refractivity contribution in [3.8, 4) is 0 Å². The Bertz CT molecular complexity index is 219. The van der Waals surface area contributed by atoms with Gasteiger partial charge in [-0.2, -0.15) is 10.2 Å². The molecule has 0 aromatic carbocycles. The Labute approximate surface area is 85.4 Å². The number of carboxylic acid groups (broad SMARTS) is 1. The number of rotatable bonds is 3. The minimum absolute atomic E-state index is 0.833. The molecule has 0 aliphatic carbocycles. The Kier molecular flexibility index (Phi) is 27.3. The third-order valence-electron chi connectivity index (χ3n) is 0.423. The van der Waals surface area contributed by atoms with Crippen LogP contribution in [0.5, 0.6) is 0 Å². The van der Waals surface area contributed by atoms with Gasteiger partial charge in [0.25, 0.3) is 0 Å². The van der Waals surface area contributed by atoms with Gasteiger partial charge >= 0.3 is 5.97 Å². The highest BCUT2D eigenvalue weighted by molar-refractivity contribution is 5.78. The van der Waals surface area contributed by atoms with Crippen molar-refractivity contribution in [1.29, 1.82) is 11.1 Å². The Morgan fingerprint density at radius 2 is 1.47 bits per heavy atom. The first kappa shape index (κ1) is 18.2. The molecule has 10 nitrogen and oxygen atoms in total. The summed E-state index contributed by atoms with van der Waals surface area (Å²) in [5.41, 5.74) is 12.0. The zero-order valence-corrected chi connectivity index (χ0v) is 7.74. The highest BCUT2D eigenvalue weighted by atomic mass is 16.4. The SMILES string of the molecule is C=CC(=O)O.N=NC=NN.N=NC=NN. The van der Waals surface area contributed by atoms with E-state index in [1.807, 2.05) is 0 Å². The number of hydrogen-bond acceptors (Lipinski definition) is 7. The molecule has 7 N–H and O–H groups in total. The van der Waals surface area contributed by atoms with Gasteiger partial charge in [-0.05, 0) is 0 Å². The highest BCUT2D eigenvalue weighted by Gasteiger charge is 1.73. The summed E-state index contributed by atoms with van der Waals surface area (Å²) < 4.78 is 0. The molecule has 84 valence electrons. The van der Waals surface area contributed by atoms with Crippen molar-refractivity contribution in [2.45, 2.75) is 0 Å². The van der Waals surface area contributed by atoms with Gasteiger partial charge < -0.3 is 16.8 Å². The molecule has 0 heterocycles. The molecule has 15 heavy (non-hydrogen) atoms. The average Bonchev–Trinajstić information content (AvgIpc) is 2.22. The zero-order chi connectivity index (χ0) is 12.5. The van der Waals surface area contributed by atoms with E-state index in [2.05, 4.69) is 38.7 Å². The fourth-order valence-electron chi connectivity index (χ4n) is 0.0667. The summed E-state index contributed by atoms with van der Waals surface area (Å²) in [6, 6.07) is 0. The van der Waals surface area contributed by atoms with E-state index in [0.29, 0.717) is 0 Å². The number of nitrogens with one attached hydrogen (secondary N) is 2. The molecule has 0 aromatic heterocycles. The van der Waals surface area contributed by atoms with Crippen LogP contribution in [0.15, 0.2) is 33.1 Å². The molecule has 10 heteroatoms. The normalized spacial score (nSPS) is 8.00. The van der Waals surface area contributed by atoms with Gasteiger partial charge in [-0.1, -0.05) is 6.58 Å². The van der Waals surface area contributed by atoms with Crippen molar-refractivity contribution < 1.29 is 9.90 Å². The summed E-state index contributed by atoms with van der Waals surface area (Å²) in [6.07, 6.45) is 2.72. The Hall–Kier alpha value is -2.65. The lowest BCUT2D eigenvalue weighted by molar-refractivity contribution is -0.131. The third kappa shape index (κ3) is 88.4. The fraction of sp³-hybridized carbons (Fsp3) is 0. The Morgan fingerprint density at radius 3 is 1.47 bits per heavy atom. The van der Waals surface area contributed by atoms with Crippen molar-refractivity contribution in [3.05, 3.63) is 12.7 Å². The summed E-state index contributed by atoms with van der Waals surface area (Å²) >= 11 is 0. The highest BCUT2D eigenvalue weighted by Crippen LogP contribution is 1.54. The fourth-order valence-corrected chi connectivity index (χ4v) is 0.0667. The molecule has 0 amide bonds. The van der Waals surface area contributed by atoms with Gasteiger partial charge in [0, 0.05) is 6.08 Å². The first-order chi connectivity index (χ1) is 7.10. The predicted molar refractivity (Wildman–Crippen MR) is 53.5 cm³/mol. The van der Waals surface area contributed by atoms with E-state index in [4.69, 9.17) is 16.2 Å². The van der Waals surface area contributed by atoms with Gasteiger partial charge in [-0.3, -0.25) is 0 Å². The van der Waals surface area contributed by atoms with Gasteiger partial charge in [0.1, 0.15) is 0 Å². The lowest BCUT2D eigenvalue weighted by Crippen LogP contribution is -1.82. The summed E-state index contributed by atoms with van der Waals surface area (Å²) in [6.45, 7) is 2.96. The number of aliphatic carboxylic acids is 1. The maximum atomic E-state index is 9.25. The predicted octanol–water partition coefficient (Wildman–Crippen LogP) is 0.0957. The van der Waals surface area contributed by atoms with Crippen LogP contribution in [-0.4, -0.2) is 23.8 Å². The van der Waals surface area contributed by atoms with Crippen molar-refractivity contribution in [2.24, 2.45) is 32.1 Å². The van der Waals surface area contributed by atoms with Crippen LogP contribution in [0.25, 0.3) is 0 Å². The molecule has 0 spiro atoms. The van der Waals surface area contributed by atoms with E-state index in [1.165, 1.54) is 0 Å². The minimum Gasteiger partial charge on any atom is -0.478 e. The second-order valence-electron chi connectivity index (χ2n) is 1.33. The molecular weight excluding hydrogens is 204 g/mol. The van der Waals surface area contributed by atoms with Crippen molar-refractivity contribution in [2.75, 3.05) is 0 Å². The topological polar surface area (TPSA) is 186 Å². The van der Waals surface area contributed by atoms with Crippen LogP contribution in [0.4, 0.5) is 0 Å². The minimum atomic E-state index is -0.981. The average molecular weight is 216 g/mol. The van der Waals surface area contributed by atoms with Crippen molar-refractivity contribution >= 4 is 18.6 Å². The summed E-state index contributed by atoms with van der Waals surface area (Å²) in [5, 5.41) is 18.7. The molecule has 0 saturated heterocycles. The maximum absolute atomic E-state index is 9.25. The van der Waals surface area contributed by atoms with Crippen LogP contribution >= 0.6 is 0 Å². The lowest BCUT2D eigenvalue weighted by Gasteiger charge is -1.64. The third-order valence-corrected chi connectivity index (χ3v) is 0.423. The van der Waals surface area contributed by atoms with Crippen LogP contribution in [-0.2, 0) is 4.79 Å². The quantitative estimate of drug-likeness (QED) is 0.112. The Balaban J connectivity index is -0.000000144. The maximum Gasteiger partial charge on any atom is 0.327 e. The molecule has 0 radical (unpaired) electrons. The zero-order valence-electron chi connectivity index (χ0n) is 7.74. The van der Waals surface area contributed by atoms with Crippen LogP contribution in [0.2, 0.25) is 0 Å². The van der Waals surface area contributed by atoms with E-state index in [9.17, 15) is 4.79 Å². The first-order valence-corrected chi connectivity index (χ1v) is 3.12. The Morgan fingerprint density at radius 1 is 1.20 bits per heavy atom. The summed E-state index contributed by atoms with van der Waals surface area (Å²) in [7, 11) is 0. The van der Waals surface area contributed by atoms with Crippen LogP contribution in [0, 0.1) is 11.1 Å². The second-order valence-corrected chi connectivity index (χ2v) is 1.33. The standard InChI is InChI=1S/C3H4O2.2CH4N4/c1-2-3(4)5;2*2-4-1-5-3/h2H,1H2,(H,4,5);2*1-2H,3H2. The monoisotopic (exact) mass is 216 g/mol. The molecule has 0 aliphatic heterocycles. The summed E-state index contributed by atoms with van der Waals surface area (Å²) in [4.78, 5) is 9.25. The summed E-state index contributed by atoms with van der Waals surface area (Å²) in [5.74, 6) is 8.01. The molecular formula is C5H12N8O2. The molecule has 0 atom stereocenters. The van der Waals surface area contributed by atoms with E-state index >= 15 is 0 Å². The van der Waals surface area contributed by atoms with Crippen LogP contribution in [0.3, 0.4) is 0 Å². The number of hydrogen-bond donors (Lipinski definition) is 5. The largest absolute Gasteiger partial charge is 0.478 e. The smallest absolute Gasteiger partial charge is 0.327 e. The number of nitrogens with zero attached hydrogens (tertiary/aromatic N) is 4. The number of carboxylic acids is 1. The van der Waals surface area contributed by atoms with Gasteiger partial charge in [-0.25, -0.2) is 15.9 Å². The van der Waals surface area contributed by atoms with Gasteiger partial charge in [0.15, 0.2) is 12.7 Å². The van der Waals surface area contributed by atoms with Crippen LogP contribution in [0.1, 0.15) is 0 Å². The van der Waals surface area contributed by atoms with Crippen LogP contribution < -0.4 is 11.7 Å². The molecule has 0 aliphatic rings. The van der Waals surface area contributed by atoms with E-state index in [-0.39, 0.29) is 0 Å². The molecule has 0 fully saturated rings. The van der Waals surface area contributed by atoms with E-state index in [1.54, 1.807) is 0 Å². The van der Waals surface area contributed by atoms with Crippen molar-refractivity contribution in [1.82, 2.24) is 0 Å². The number of hydrazone groups is 2. The van der Waals surface area contributed by atoms with Gasteiger partial charge in [-0.15, -0.1) is 10.2 Å².